The Bertz CT molecular complexity index is 2430. The number of aromatic amines is 1. The molecule has 12 nitrogen and oxygen atoms in total. The zero-order chi connectivity index (χ0) is 40.5. The molecule has 6 aromatic rings. The highest BCUT2D eigenvalue weighted by atomic mass is 19.1. The van der Waals surface area contributed by atoms with Crippen LogP contribution >= 0.6 is 0 Å². The van der Waals surface area contributed by atoms with E-state index >= 15 is 4.39 Å². The Labute approximate surface area is 336 Å². The van der Waals surface area contributed by atoms with Crippen molar-refractivity contribution < 1.29 is 23.2 Å². The van der Waals surface area contributed by atoms with Crippen LogP contribution in [0.5, 0.6) is 0 Å². The van der Waals surface area contributed by atoms with Crippen molar-refractivity contribution in [1.82, 2.24) is 34.6 Å². The molecule has 4 aromatic carbocycles. The van der Waals surface area contributed by atoms with Crippen molar-refractivity contribution in [3.63, 3.8) is 0 Å². The molecule has 2 aliphatic heterocycles. The van der Waals surface area contributed by atoms with Gasteiger partial charge in [0.2, 0.25) is 23.6 Å². The van der Waals surface area contributed by atoms with Gasteiger partial charge in [-0.1, -0.05) is 60.7 Å². The van der Waals surface area contributed by atoms with Gasteiger partial charge >= 0.3 is 0 Å². The number of hydrogen-bond acceptors (Lipinski definition) is 8. The zero-order valence-corrected chi connectivity index (χ0v) is 33.1. The molecule has 0 aliphatic carbocycles. The van der Waals surface area contributed by atoms with Crippen molar-refractivity contribution in [3.8, 4) is 22.8 Å². The van der Waals surface area contributed by atoms with E-state index in [1.54, 1.807) is 17.2 Å². The van der Waals surface area contributed by atoms with Crippen molar-refractivity contribution in [2.45, 2.75) is 49.9 Å². The van der Waals surface area contributed by atoms with Gasteiger partial charge in [-0.05, 0) is 101 Å². The van der Waals surface area contributed by atoms with E-state index in [-0.39, 0.29) is 29.4 Å². The van der Waals surface area contributed by atoms with E-state index in [0.717, 1.165) is 46.4 Å². The highest BCUT2D eigenvalue weighted by molar-refractivity contribution is 5.98. The van der Waals surface area contributed by atoms with Crippen molar-refractivity contribution >= 4 is 34.4 Å². The summed E-state index contributed by atoms with van der Waals surface area (Å²) in [5, 5.41) is 2.71. The Morgan fingerprint density at radius 3 is 2.07 bits per heavy atom. The number of oxazole rings is 1. The first-order valence-corrected chi connectivity index (χ1v) is 19.7. The number of anilines is 1. The maximum atomic E-state index is 15.6. The zero-order valence-electron chi connectivity index (χ0n) is 33.1. The van der Waals surface area contributed by atoms with Gasteiger partial charge in [0, 0.05) is 24.2 Å². The SMILES string of the molecule is CN(C)[C@@H](C(=O)N1CCC[C@H]1C(=O)Nc1ccc(-c2ncc(-c3ccc4nc([C@@H]5CCCN5C(=O)[C@@H](c5ccccc5)N(C)C)[nH]c4c3)o2)cc1F)c1ccccc1. The minimum atomic E-state index is -0.718. The Balaban J connectivity index is 0.951. The number of halogens is 1. The molecule has 4 heterocycles. The topological polar surface area (TPSA) is 131 Å². The summed E-state index contributed by atoms with van der Waals surface area (Å²) in [6.07, 6.45) is 4.44. The third kappa shape index (κ3) is 7.62. The van der Waals surface area contributed by atoms with Crippen LogP contribution in [-0.2, 0) is 14.4 Å². The number of nitrogens with one attached hydrogen (secondary N) is 2. The van der Waals surface area contributed by atoms with Crippen LogP contribution in [0.3, 0.4) is 0 Å². The summed E-state index contributed by atoms with van der Waals surface area (Å²) in [7, 11) is 7.53. The van der Waals surface area contributed by atoms with Crippen LogP contribution in [0.2, 0.25) is 0 Å². The number of benzene rings is 4. The number of nitrogens with zero attached hydrogens (tertiary/aromatic N) is 6. The van der Waals surface area contributed by atoms with Crippen LogP contribution in [0.15, 0.2) is 108 Å². The quantitative estimate of drug-likeness (QED) is 0.141. The number of likely N-dealkylation sites (N-methyl/N-ethyl adjacent to an activating group) is 2. The minimum Gasteiger partial charge on any atom is -0.436 e. The second-order valence-corrected chi connectivity index (χ2v) is 15.5. The number of hydrogen-bond donors (Lipinski definition) is 2. The lowest BCUT2D eigenvalue weighted by atomic mass is 10.0. The molecule has 2 fully saturated rings. The highest BCUT2D eigenvalue weighted by Crippen LogP contribution is 2.36. The van der Waals surface area contributed by atoms with E-state index < -0.39 is 29.8 Å². The molecule has 3 amide bonds. The van der Waals surface area contributed by atoms with E-state index in [4.69, 9.17) is 9.40 Å². The standard InChI is InChI=1S/C45H47FN8O4/c1-51(2)39(28-13-7-5-8-14-28)44(56)53-23-11-17-36(53)41-48-34-22-19-30(26-35(34)49-41)38-27-47-43(58-38)31-20-21-33(32(46)25-31)50-42(55)37-18-12-24-54(37)45(57)40(52(3)4)29-15-9-6-10-16-29/h5-10,13-16,19-22,25-27,36-37,39-40H,11-12,17-18,23-24H2,1-4H3,(H,48,49)(H,50,55)/t36-,37-,39+,40+/m0/s1. The van der Waals surface area contributed by atoms with Crippen LogP contribution in [0.4, 0.5) is 10.1 Å². The molecular weight excluding hydrogens is 736 g/mol. The van der Waals surface area contributed by atoms with E-state index in [0.29, 0.717) is 37.3 Å². The van der Waals surface area contributed by atoms with Crippen LogP contribution in [0.1, 0.15) is 60.8 Å². The Hall–Kier alpha value is -6.18. The second-order valence-electron chi connectivity index (χ2n) is 15.5. The van der Waals surface area contributed by atoms with Crippen LogP contribution < -0.4 is 5.32 Å². The van der Waals surface area contributed by atoms with Crippen LogP contribution in [0, 0.1) is 5.82 Å². The maximum Gasteiger partial charge on any atom is 0.247 e. The van der Waals surface area contributed by atoms with Gasteiger partial charge in [0.1, 0.15) is 29.8 Å². The molecule has 0 unspecified atom stereocenters. The summed E-state index contributed by atoms with van der Waals surface area (Å²) in [4.78, 5) is 61.4. The van der Waals surface area contributed by atoms with E-state index in [9.17, 15) is 14.4 Å². The number of imidazole rings is 1. The molecule has 4 atom stereocenters. The molecule has 2 aromatic heterocycles. The number of fused-ring (bicyclic) bond motifs is 1. The fourth-order valence-electron chi connectivity index (χ4n) is 8.37. The maximum absolute atomic E-state index is 15.6. The number of aromatic nitrogens is 3. The summed E-state index contributed by atoms with van der Waals surface area (Å²) in [6.45, 7) is 1.10. The Kier molecular flexibility index (Phi) is 10.9. The smallest absolute Gasteiger partial charge is 0.247 e. The lowest BCUT2D eigenvalue weighted by Gasteiger charge is -2.31. The molecular formula is C45H47FN8O4. The summed E-state index contributed by atoms with van der Waals surface area (Å²) >= 11 is 0. The third-order valence-electron chi connectivity index (χ3n) is 11.2. The van der Waals surface area contributed by atoms with Crippen molar-refractivity contribution in [2.75, 3.05) is 46.6 Å². The summed E-state index contributed by atoms with van der Waals surface area (Å²) in [5.74, 6) is 0.236. The molecule has 0 bridgehead atoms. The third-order valence-corrected chi connectivity index (χ3v) is 11.2. The summed E-state index contributed by atoms with van der Waals surface area (Å²) in [5.41, 5.74) is 4.51. The molecule has 2 aliphatic rings. The van der Waals surface area contributed by atoms with Gasteiger partial charge in [-0.3, -0.25) is 24.2 Å². The number of H-pyrrole nitrogens is 1. The minimum absolute atomic E-state index is 0.00683. The van der Waals surface area contributed by atoms with Gasteiger partial charge in [0.15, 0.2) is 5.76 Å². The van der Waals surface area contributed by atoms with Gasteiger partial charge in [-0.25, -0.2) is 14.4 Å². The Morgan fingerprint density at radius 1 is 0.793 bits per heavy atom. The predicted molar refractivity (Wildman–Crippen MR) is 220 cm³/mol. The van der Waals surface area contributed by atoms with Crippen molar-refractivity contribution in [3.05, 3.63) is 126 Å². The average molecular weight is 783 g/mol. The molecule has 0 saturated carbocycles. The molecule has 298 valence electrons. The number of carbonyl (C=O) groups is 3. The number of likely N-dealkylation sites (tertiary alicyclic amines) is 2. The number of rotatable bonds is 11. The Morgan fingerprint density at radius 2 is 1.41 bits per heavy atom. The fraction of sp³-hybridized carbons (Fsp3) is 0.311. The number of carbonyl (C=O) groups excluding carboxylic acids is 3. The molecule has 13 heteroatoms. The highest BCUT2D eigenvalue weighted by Gasteiger charge is 2.39. The van der Waals surface area contributed by atoms with Gasteiger partial charge in [-0.2, -0.15) is 0 Å². The van der Waals surface area contributed by atoms with E-state index in [2.05, 4.69) is 15.3 Å². The molecule has 2 N–H and O–H groups in total. The monoisotopic (exact) mass is 782 g/mol. The number of amides is 3. The lowest BCUT2D eigenvalue weighted by Crippen LogP contribution is -2.47. The first-order chi connectivity index (χ1) is 28.1. The molecule has 2 saturated heterocycles. The van der Waals surface area contributed by atoms with Gasteiger partial charge in [-0.15, -0.1) is 0 Å². The van der Waals surface area contributed by atoms with Gasteiger partial charge in [0.05, 0.1) is 29.0 Å². The molecule has 8 rings (SSSR count). The van der Waals surface area contributed by atoms with Crippen LogP contribution in [0.25, 0.3) is 33.8 Å². The molecule has 58 heavy (non-hydrogen) atoms. The van der Waals surface area contributed by atoms with Crippen LogP contribution in [-0.4, -0.2) is 99.6 Å². The largest absolute Gasteiger partial charge is 0.436 e. The lowest BCUT2D eigenvalue weighted by molar-refractivity contribution is -0.140. The summed E-state index contributed by atoms with van der Waals surface area (Å²) < 4.78 is 21.7. The fourth-order valence-corrected chi connectivity index (χ4v) is 8.37. The van der Waals surface area contributed by atoms with Crippen molar-refractivity contribution in [2.24, 2.45) is 0 Å². The first kappa shape index (κ1) is 38.7. The van der Waals surface area contributed by atoms with Gasteiger partial charge in [0.25, 0.3) is 0 Å². The molecule has 0 spiro atoms. The molecule has 0 radical (unpaired) electrons. The summed E-state index contributed by atoms with van der Waals surface area (Å²) in [6, 6.07) is 27.6. The average Bonchev–Trinajstić information content (AvgIpc) is 4.05. The second kappa shape index (κ2) is 16.4. The van der Waals surface area contributed by atoms with Crippen molar-refractivity contribution in [1.29, 1.82) is 0 Å². The predicted octanol–water partition coefficient (Wildman–Crippen LogP) is 7.22. The normalized spacial score (nSPS) is 18.0. The van der Waals surface area contributed by atoms with E-state index in [1.807, 2.05) is 122 Å². The van der Waals surface area contributed by atoms with Gasteiger partial charge < -0.3 is 24.5 Å². The first-order valence-electron chi connectivity index (χ1n) is 19.7. The van der Waals surface area contributed by atoms with E-state index in [1.165, 1.54) is 12.1 Å².